The van der Waals surface area contributed by atoms with E-state index in [4.69, 9.17) is 23.7 Å². The van der Waals surface area contributed by atoms with Crippen LogP contribution in [0.3, 0.4) is 0 Å². The first kappa shape index (κ1) is 27.3. The fourth-order valence-electron chi connectivity index (χ4n) is 5.04. The molecule has 3 aliphatic rings. The molecule has 1 aromatic rings. The largest absolute Gasteiger partial charge is 0.504 e. The Bertz CT molecular complexity index is 1020. The standard InChI is InChI=1S/C25H32O12/c1-25(32)10-16(35-18(28)6-4-12-3-5-14(27)15(9-12)33-2)13-7-8-34-23(19(13)25)37-24-22(31)21(30)20(29)17(11-26)36-24/h3-9,13,16-17,19-24,26-27,29-32H,10-11H2,1-2H3/b6-4+/t13-,16-,17+,19+,20+,21-,22+,23-,24-,25-/m0/s1. The van der Waals surface area contributed by atoms with Crippen molar-refractivity contribution in [3.8, 4) is 11.5 Å². The number of ether oxygens (including phenoxy) is 5. The van der Waals surface area contributed by atoms with Crippen molar-refractivity contribution < 1.29 is 59.1 Å². The molecule has 0 amide bonds. The number of carbonyl (C=O) groups is 1. The maximum Gasteiger partial charge on any atom is 0.331 e. The van der Waals surface area contributed by atoms with Gasteiger partial charge in [0.1, 0.15) is 30.5 Å². The van der Waals surface area contributed by atoms with Crippen molar-refractivity contribution in [2.24, 2.45) is 11.8 Å². The predicted octanol–water partition coefficient (Wildman–Crippen LogP) is -0.601. The van der Waals surface area contributed by atoms with Crippen molar-refractivity contribution in [3.05, 3.63) is 42.2 Å². The molecule has 0 bridgehead atoms. The van der Waals surface area contributed by atoms with Crippen LogP contribution in [0, 0.1) is 11.8 Å². The molecule has 6 N–H and O–H groups in total. The Morgan fingerprint density at radius 2 is 1.95 bits per heavy atom. The second-order valence-electron chi connectivity index (χ2n) is 9.57. The molecule has 1 saturated heterocycles. The third-order valence-corrected chi connectivity index (χ3v) is 6.98. The number of aliphatic hydroxyl groups excluding tert-OH is 4. The maximum atomic E-state index is 12.6. The van der Waals surface area contributed by atoms with Crippen molar-refractivity contribution in [3.63, 3.8) is 0 Å². The second kappa shape index (κ2) is 11.0. The number of rotatable bonds is 7. The number of hydrogen-bond donors (Lipinski definition) is 6. The summed E-state index contributed by atoms with van der Waals surface area (Å²) in [5, 5.41) is 60.6. The normalized spacial score (nSPS) is 39.3. The number of phenols is 1. The SMILES string of the molecule is COc1cc(/C=C/C(=O)O[C@H]2C[C@](C)(O)[C@H]3[C@H](O[C@@H]4O[C@H](CO)[C@@H](O)[C@H](O)[C@H]4O)OC=C[C@H]32)ccc1O. The summed E-state index contributed by atoms with van der Waals surface area (Å²) in [7, 11) is 1.41. The molecular weight excluding hydrogens is 492 g/mol. The van der Waals surface area contributed by atoms with Crippen LogP contribution in [0.25, 0.3) is 6.08 Å². The van der Waals surface area contributed by atoms with Crippen LogP contribution in [0.4, 0.5) is 0 Å². The van der Waals surface area contributed by atoms with Crippen LogP contribution in [0.15, 0.2) is 36.6 Å². The summed E-state index contributed by atoms with van der Waals surface area (Å²) < 4.78 is 27.4. The van der Waals surface area contributed by atoms with E-state index in [9.17, 15) is 35.4 Å². The van der Waals surface area contributed by atoms with Crippen LogP contribution >= 0.6 is 0 Å². The Kier molecular flexibility index (Phi) is 8.09. The summed E-state index contributed by atoms with van der Waals surface area (Å²) in [6.07, 6.45) is -3.58. The minimum absolute atomic E-state index is 0.0340. The molecule has 2 heterocycles. The third kappa shape index (κ3) is 5.60. The number of hydrogen-bond acceptors (Lipinski definition) is 12. The average Bonchev–Trinajstić information content (AvgIpc) is 3.13. The molecule has 37 heavy (non-hydrogen) atoms. The van der Waals surface area contributed by atoms with Gasteiger partial charge in [-0.05, 0) is 36.8 Å². The molecule has 12 nitrogen and oxygen atoms in total. The van der Waals surface area contributed by atoms with Gasteiger partial charge in [0.05, 0.1) is 31.5 Å². The van der Waals surface area contributed by atoms with Crippen molar-refractivity contribution in [2.75, 3.05) is 13.7 Å². The van der Waals surface area contributed by atoms with Gasteiger partial charge in [-0.15, -0.1) is 0 Å². The molecule has 2 fully saturated rings. The van der Waals surface area contributed by atoms with Gasteiger partial charge in [-0.2, -0.15) is 0 Å². The van der Waals surface area contributed by atoms with Crippen LogP contribution in [0.2, 0.25) is 0 Å². The molecule has 0 unspecified atom stereocenters. The zero-order chi connectivity index (χ0) is 26.9. The molecule has 0 spiro atoms. The minimum Gasteiger partial charge on any atom is -0.504 e. The van der Waals surface area contributed by atoms with E-state index in [-0.39, 0.29) is 17.9 Å². The first-order valence-corrected chi connectivity index (χ1v) is 11.8. The Balaban J connectivity index is 1.44. The minimum atomic E-state index is -1.64. The van der Waals surface area contributed by atoms with E-state index < -0.39 is 73.1 Å². The lowest BCUT2D eigenvalue weighted by Gasteiger charge is -2.43. The second-order valence-corrected chi connectivity index (χ2v) is 9.57. The highest BCUT2D eigenvalue weighted by Crippen LogP contribution is 2.48. The van der Waals surface area contributed by atoms with Crippen molar-refractivity contribution >= 4 is 12.0 Å². The quantitative estimate of drug-likeness (QED) is 0.197. The Hall–Kier alpha value is -2.71. The Labute approximate surface area is 212 Å². The number of phenolic OH excluding ortho intramolecular Hbond substituents is 1. The van der Waals surface area contributed by atoms with Crippen molar-refractivity contribution in [1.29, 1.82) is 0 Å². The summed E-state index contributed by atoms with van der Waals surface area (Å²) in [6.45, 7) is 0.922. The monoisotopic (exact) mass is 524 g/mol. The average molecular weight is 525 g/mol. The summed E-state index contributed by atoms with van der Waals surface area (Å²) in [6, 6.07) is 4.59. The Morgan fingerprint density at radius 1 is 1.19 bits per heavy atom. The molecule has 1 aliphatic carbocycles. The van der Waals surface area contributed by atoms with Gasteiger partial charge in [-0.1, -0.05) is 6.07 Å². The van der Waals surface area contributed by atoms with Crippen molar-refractivity contribution in [2.45, 2.75) is 62.0 Å². The first-order valence-electron chi connectivity index (χ1n) is 11.8. The number of methoxy groups -OCH3 is 1. The lowest BCUT2D eigenvalue weighted by Crippen LogP contribution is -2.60. The number of fused-ring (bicyclic) bond motifs is 1. The van der Waals surface area contributed by atoms with Gasteiger partial charge in [0.15, 0.2) is 17.8 Å². The van der Waals surface area contributed by atoms with Gasteiger partial charge in [0.25, 0.3) is 0 Å². The van der Waals surface area contributed by atoms with Gasteiger partial charge in [0, 0.05) is 18.4 Å². The molecule has 2 aliphatic heterocycles. The summed E-state index contributed by atoms with van der Waals surface area (Å²) in [5.74, 6) is -1.69. The molecule has 12 heteroatoms. The van der Waals surface area contributed by atoms with E-state index in [0.29, 0.717) is 5.56 Å². The highest BCUT2D eigenvalue weighted by Gasteiger charge is 2.57. The summed E-state index contributed by atoms with van der Waals surface area (Å²) in [4.78, 5) is 12.6. The van der Waals surface area contributed by atoms with E-state index >= 15 is 0 Å². The first-order chi connectivity index (χ1) is 17.6. The van der Waals surface area contributed by atoms with Gasteiger partial charge in [-0.3, -0.25) is 0 Å². The number of carbonyl (C=O) groups excluding carboxylic acids is 1. The van der Waals surface area contributed by atoms with Gasteiger partial charge in [-0.25, -0.2) is 4.79 Å². The predicted molar refractivity (Wildman–Crippen MR) is 125 cm³/mol. The number of esters is 1. The molecule has 1 aromatic carbocycles. The zero-order valence-corrected chi connectivity index (χ0v) is 20.3. The zero-order valence-electron chi connectivity index (χ0n) is 20.3. The van der Waals surface area contributed by atoms with E-state index in [1.165, 1.54) is 31.6 Å². The van der Waals surface area contributed by atoms with E-state index in [1.807, 2.05) is 0 Å². The van der Waals surface area contributed by atoms with E-state index in [1.54, 1.807) is 25.1 Å². The van der Waals surface area contributed by atoms with Crippen LogP contribution in [0.1, 0.15) is 18.9 Å². The number of benzene rings is 1. The van der Waals surface area contributed by atoms with Crippen LogP contribution in [-0.4, -0.2) is 99.0 Å². The molecule has 1 saturated carbocycles. The highest BCUT2D eigenvalue weighted by molar-refractivity contribution is 5.87. The van der Waals surface area contributed by atoms with Gasteiger partial charge < -0.3 is 54.3 Å². The maximum absolute atomic E-state index is 12.6. The highest BCUT2D eigenvalue weighted by atomic mass is 16.8. The smallest absolute Gasteiger partial charge is 0.331 e. The van der Waals surface area contributed by atoms with Crippen molar-refractivity contribution in [1.82, 2.24) is 0 Å². The Morgan fingerprint density at radius 3 is 2.65 bits per heavy atom. The van der Waals surface area contributed by atoms with Crippen LogP contribution < -0.4 is 4.74 Å². The molecule has 0 aromatic heterocycles. The lowest BCUT2D eigenvalue weighted by atomic mass is 9.85. The lowest BCUT2D eigenvalue weighted by molar-refractivity contribution is -0.346. The topological polar surface area (TPSA) is 185 Å². The third-order valence-electron chi connectivity index (χ3n) is 6.98. The number of aliphatic hydroxyl groups is 5. The summed E-state index contributed by atoms with van der Waals surface area (Å²) in [5.41, 5.74) is -0.811. The molecule has 204 valence electrons. The van der Waals surface area contributed by atoms with E-state index in [2.05, 4.69) is 0 Å². The molecule has 0 radical (unpaired) electrons. The van der Waals surface area contributed by atoms with Gasteiger partial charge >= 0.3 is 5.97 Å². The van der Waals surface area contributed by atoms with Gasteiger partial charge in [0.2, 0.25) is 6.29 Å². The molecule has 4 rings (SSSR count). The summed E-state index contributed by atoms with van der Waals surface area (Å²) >= 11 is 0. The van der Waals surface area contributed by atoms with Crippen LogP contribution in [-0.2, 0) is 23.7 Å². The fraction of sp³-hybridized carbons (Fsp3) is 0.560. The van der Waals surface area contributed by atoms with Crippen LogP contribution in [0.5, 0.6) is 11.5 Å². The fourth-order valence-corrected chi connectivity index (χ4v) is 5.04. The molecule has 10 atom stereocenters. The van der Waals surface area contributed by atoms with E-state index in [0.717, 1.165) is 0 Å². The molecular formula is C25H32O12. The number of aromatic hydroxyl groups is 1.